The van der Waals surface area contributed by atoms with Crippen molar-refractivity contribution in [1.29, 1.82) is 10.5 Å². The maximum absolute atomic E-state index is 13.6. The Bertz CT molecular complexity index is 1170. The molecular weight excluding hydrogens is 398 g/mol. The highest BCUT2D eigenvalue weighted by Crippen LogP contribution is 2.60. The van der Waals surface area contributed by atoms with Gasteiger partial charge in [-0.15, -0.1) is 11.3 Å². The minimum Gasteiger partial charge on any atom is -0.357 e. The van der Waals surface area contributed by atoms with Crippen LogP contribution in [-0.4, -0.2) is 16.7 Å². The molecular formula is C23H15N3OS2. The van der Waals surface area contributed by atoms with Gasteiger partial charge >= 0.3 is 0 Å². The molecule has 2 aliphatic rings. The molecule has 2 aromatic heterocycles. The Morgan fingerprint density at radius 2 is 1.90 bits per heavy atom. The van der Waals surface area contributed by atoms with Crippen LogP contribution in [0.2, 0.25) is 0 Å². The number of nitriles is 2. The number of nitrogens with zero attached hydrogens (tertiary/aromatic N) is 3. The lowest BCUT2D eigenvalue weighted by molar-refractivity contribution is 0.0879. The van der Waals surface area contributed by atoms with Crippen LogP contribution in [0.3, 0.4) is 0 Å². The Balaban J connectivity index is 1.78. The van der Waals surface area contributed by atoms with Crippen LogP contribution >= 0.6 is 22.7 Å². The third-order valence-corrected chi connectivity index (χ3v) is 7.46. The summed E-state index contributed by atoms with van der Waals surface area (Å²) in [7, 11) is 0. The van der Waals surface area contributed by atoms with Crippen LogP contribution in [0.15, 0.2) is 64.8 Å². The van der Waals surface area contributed by atoms with Gasteiger partial charge in [0.25, 0.3) is 0 Å². The second-order valence-electron chi connectivity index (χ2n) is 7.21. The Labute approximate surface area is 176 Å². The number of thiophene rings is 2. The SMILES string of the molecule is N#CC1(C#N)[C@H](c2ccsc2)[C@@H](C(=O)c2cccs2)N2C=Cc3ccccc3[C@@H]21. The first-order valence-electron chi connectivity index (χ1n) is 9.18. The van der Waals surface area contributed by atoms with E-state index in [9.17, 15) is 15.3 Å². The minimum absolute atomic E-state index is 0.0439. The molecule has 3 atom stereocenters. The first-order chi connectivity index (χ1) is 14.2. The van der Waals surface area contributed by atoms with Gasteiger partial charge < -0.3 is 4.90 Å². The topological polar surface area (TPSA) is 67.9 Å². The fraction of sp³-hybridized carbons (Fsp3) is 0.174. The number of hydrogen-bond donors (Lipinski definition) is 0. The summed E-state index contributed by atoms with van der Waals surface area (Å²) in [5, 5.41) is 26.5. The molecule has 0 bridgehead atoms. The Hall–Kier alpha value is -3.19. The van der Waals surface area contributed by atoms with Crippen LogP contribution in [0, 0.1) is 28.1 Å². The molecule has 6 heteroatoms. The average molecular weight is 414 g/mol. The molecule has 1 saturated heterocycles. The summed E-state index contributed by atoms with van der Waals surface area (Å²) in [6.07, 6.45) is 3.86. The molecule has 1 fully saturated rings. The molecule has 0 spiro atoms. The molecule has 0 aliphatic carbocycles. The van der Waals surface area contributed by atoms with E-state index in [1.807, 2.05) is 75.8 Å². The number of hydrogen-bond acceptors (Lipinski definition) is 6. The largest absolute Gasteiger partial charge is 0.357 e. The lowest BCUT2D eigenvalue weighted by Gasteiger charge is -2.34. The second kappa shape index (κ2) is 6.70. The molecule has 140 valence electrons. The van der Waals surface area contributed by atoms with Crippen LogP contribution in [0.25, 0.3) is 6.08 Å². The van der Waals surface area contributed by atoms with Crippen molar-refractivity contribution in [3.63, 3.8) is 0 Å². The third-order valence-electron chi connectivity index (χ3n) is 5.88. The van der Waals surface area contributed by atoms with Crippen molar-refractivity contribution in [3.8, 4) is 12.1 Å². The summed E-state index contributed by atoms with van der Waals surface area (Å²) in [6, 6.07) is 17.0. The first kappa shape index (κ1) is 17.9. The van der Waals surface area contributed by atoms with E-state index in [1.165, 1.54) is 22.7 Å². The van der Waals surface area contributed by atoms with E-state index in [4.69, 9.17) is 0 Å². The predicted octanol–water partition coefficient (Wildman–Crippen LogP) is 5.22. The van der Waals surface area contributed by atoms with Gasteiger partial charge in [-0.1, -0.05) is 30.3 Å². The molecule has 5 rings (SSSR count). The highest BCUT2D eigenvalue weighted by atomic mass is 32.1. The second-order valence-corrected chi connectivity index (χ2v) is 8.94. The Kier molecular flexibility index (Phi) is 4.13. The van der Waals surface area contributed by atoms with Crippen molar-refractivity contribution < 1.29 is 4.79 Å². The van der Waals surface area contributed by atoms with E-state index in [0.29, 0.717) is 4.88 Å². The number of Topliss-reactive ketones (excluding diaryl/α,β-unsaturated/α-hetero) is 1. The highest BCUT2D eigenvalue weighted by Gasteiger charge is 2.64. The summed E-state index contributed by atoms with van der Waals surface area (Å²) < 4.78 is 0. The quantitative estimate of drug-likeness (QED) is 0.552. The van der Waals surface area contributed by atoms with Crippen LogP contribution in [-0.2, 0) is 0 Å². The van der Waals surface area contributed by atoms with Crippen LogP contribution in [0.1, 0.15) is 38.3 Å². The monoisotopic (exact) mass is 413 g/mol. The lowest BCUT2D eigenvalue weighted by Crippen LogP contribution is -2.37. The number of fused-ring (bicyclic) bond motifs is 3. The van der Waals surface area contributed by atoms with Crippen molar-refractivity contribution >= 4 is 34.5 Å². The fourth-order valence-corrected chi connectivity index (χ4v) is 6.08. The zero-order chi connectivity index (χ0) is 20.0. The molecule has 0 amide bonds. The van der Waals surface area contributed by atoms with Gasteiger partial charge in [-0.3, -0.25) is 4.79 Å². The number of carbonyl (C=O) groups is 1. The smallest absolute Gasteiger partial charge is 0.195 e. The highest BCUT2D eigenvalue weighted by molar-refractivity contribution is 7.12. The van der Waals surface area contributed by atoms with Gasteiger partial charge in [0.05, 0.1) is 23.1 Å². The van der Waals surface area contributed by atoms with Crippen molar-refractivity contribution in [2.24, 2.45) is 5.41 Å². The molecule has 1 aromatic carbocycles. The van der Waals surface area contributed by atoms with Crippen LogP contribution in [0.5, 0.6) is 0 Å². The van der Waals surface area contributed by atoms with Crippen molar-refractivity contribution in [1.82, 2.24) is 4.90 Å². The lowest BCUT2D eigenvalue weighted by atomic mass is 9.68. The van der Waals surface area contributed by atoms with Gasteiger partial charge in [-0.2, -0.15) is 21.9 Å². The zero-order valence-corrected chi connectivity index (χ0v) is 16.9. The van der Waals surface area contributed by atoms with E-state index in [0.717, 1.165) is 16.7 Å². The number of carbonyl (C=O) groups excluding carboxylic acids is 1. The standard InChI is InChI=1S/C23H15N3OS2/c24-13-23(14-25)19(16-8-11-28-12-16)20(21(27)18-6-3-10-29-18)26-9-7-15-4-1-2-5-17(15)22(23)26/h1-12,19-20,22H/t19-,20+,22-/m1/s1. The molecule has 3 aromatic rings. The van der Waals surface area contributed by atoms with Crippen molar-refractivity contribution in [3.05, 3.63) is 86.4 Å². The van der Waals surface area contributed by atoms with E-state index in [2.05, 4.69) is 12.1 Å². The summed E-state index contributed by atoms with van der Waals surface area (Å²) in [5.41, 5.74) is 1.39. The summed E-state index contributed by atoms with van der Waals surface area (Å²) in [5.74, 6) is -0.586. The molecule has 0 saturated carbocycles. The number of ketones is 1. The first-order valence-corrected chi connectivity index (χ1v) is 11.0. The van der Waals surface area contributed by atoms with Gasteiger partial charge in [0, 0.05) is 12.1 Å². The molecule has 29 heavy (non-hydrogen) atoms. The summed E-state index contributed by atoms with van der Waals surface area (Å²) in [4.78, 5) is 16.2. The normalized spacial score (nSPS) is 23.7. The van der Waals surface area contributed by atoms with Gasteiger partial charge in [-0.25, -0.2) is 0 Å². The molecule has 0 unspecified atom stereocenters. The molecule has 0 radical (unpaired) electrons. The van der Waals surface area contributed by atoms with E-state index >= 15 is 0 Å². The summed E-state index contributed by atoms with van der Waals surface area (Å²) >= 11 is 2.91. The zero-order valence-electron chi connectivity index (χ0n) is 15.2. The maximum Gasteiger partial charge on any atom is 0.195 e. The maximum atomic E-state index is 13.6. The summed E-state index contributed by atoms with van der Waals surface area (Å²) in [6.45, 7) is 0. The molecule has 4 nitrogen and oxygen atoms in total. The molecule has 0 N–H and O–H groups in total. The van der Waals surface area contributed by atoms with Gasteiger partial charge in [0.15, 0.2) is 11.2 Å². The van der Waals surface area contributed by atoms with Crippen molar-refractivity contribution in [2.45, 2.75) is 18.0 Å². The molecule has 4 heterocycles. The Morgan fingerprint density at radius 3 is 2.59 bits per heavy atom. The fourth-order valence-electron chi connectivity index (χ4n) is 4.68. The predicted molar refractivity (Wildman–Crippen MR) is 113 cm³/mol. The average Bonchev–Trinajstić information content (AvgIpc) is 3.52. The van der Waals surface area contributed by atoms with E-state index in [-0.39, 0.29) is 5.78 Å². The number of rotatable bonds is 3. The van der Waals surface area contributed by atoms with E-state index < -0.39 is 23.4 Å². The van der Waals surface area contributed by atoms with Gasteiger partial charge in [0.2, 0.25) is 0 Å². The van der Waals surface area contributed by atoms with Crippen LogP contribution < -0.4 is 0 Å². The molecule has 2 aliphatic heterocycles. The van der Waals surface area contributed by atoms with Crippen molar-refractivity contribution in [2.75, 3.05) is 0 Å². The Morgan fingerprint density at radius 1 is 1.07 bits per heavy atom. The third kappa shape index (κ3) is 2.43. The van der Waals surface area contributed by atoms with Crippen LogP contribution in [0.4, 0.5) is 0 Å². The van der Waals surface area contributed by atoms with Gasteiger partial charge in [-0.05, 0) is 51.0 Å². The number of benzene rings is 1. The minimum atomic E-state index is -1.38. The van der Waals surface area contributed by atoms with Gasteiger partial charge in [0.1, 0.15) is 6.04 Å². The van der Waals surface area contributed by atoms with E-state index in [1.54, 1.807) is 0 Å².